The lowest BCUT2D eigenvalue weighted by atomic mass is 9.84. The van der Waals surface area contributed by atoms with Gasteiger partial charge >= 0.3 is 0 Å². The standard InChI is InChI=1S/C9H16O2/c1-2-7(10)6-3-4-8-9(5-6)11-8/h6-10H,2-5H2,1H3. The molecular weight excluding hydrogens is 140 g/mol. The van der Waals surface area contributed by atoms with Crippen LogP contribution in [0.2, 0.25) is 0 Å². The van der Waals surface area contributed by atoms with Crippen molar-refractivity contribution >= 4 is 0 Å². The minimum Gasteiger partial charge on any atom is -0.393 e. The molecule has 1 N–H and O–H groups in total. The molecule has 1 aliphatic carbocycles. The van der Waals surface area contributed by atoms with E-state index >= 15 is 0 Å². The Bertz CT molecular complexity index is 146. The van der Waals surface area contributed by atoms with Crippen LogP contribution in [-0.4, -0.2) is 23.4 Å². The molecule has 0 amide bonds. The van der Waals surface area contributed by atoms with Gasteiger partial charge in [-0.15, -0.1) is 0 Å². The summed E-state index contributed by atoms with van der Waals surface area (Å²) in [5, 5.41) is 9.56. The highest BCUT2D eigenvalue weighted by Crippen LogP contribution is 2.40. The number of fused-ring (bicyclic) bond motifs is 1. The molecule has 1 aliphatic heterocycles. The van der Waals surface area contributed by atoms with Crippen molar-refractivity contribution in [3.8, 4) is 0 Å². The van der Waals surface area contributed by atoms with Crippen molar-refractivity contribution in [1.29, 1.82) is 0 Å². The van der Waals surface area contributed by atoms with Gasteiger partial charge in [0.25, 0.3) is 0 Å². The van der Waals surface area contributed by atoms with Crippen LogP contribution in [0.25, 0.3) is 0 Å². The Labute approximate surface area is 67.6 Å². The molecule has 1 saturated carbocycles. The first-order valence-electron chi connectivity index (χ1n) is 4.64. The fraction of sp³-hybridized carbons (Fsp3) is 1.00. The van der Waals surface area contributed by atoms with E-state index in [0.717, 1.165) is 19.3 Å². The van der Waals surface area contributed by atoms with Gasteiger partial charge in [0.05, 0.1) is 18.3 Å². The Morgan fingerprint density at radius 3 is 2.91 bits per heavy atom. The summed E-state index contributed by atoms with van der Waals surface area (Å²) in [6.45, 7) is 2.05. The number of epoxide rings is 1. The van der Waals surface area contributed by atoms with Crippen LogP contribution < -0.4 is 0 Å². The summed E-state index contributed by atoms with van der Waals surface area (Å²) in [6.07, 6.45) is 5.31. The predicted molar refractivity (Wildman–Crippen MR) is 42.3 cm³/mol. The summed E-state index contributed by atoms with van der Waals surface area (Å²) in [5.74, 6) is 0.517. The lowest BCUT2D eigenvalue weighted by Gasteiger charge is -2.23. The monoisotopic (exact) mass is 156 g/mol. The molecule has 2 aliphatic rings. The van der Waals surface area contributed by atoms with Crippen LogP contribution in [0.3, 0.4) is 0 Å². The van der Waals surface area contributed by atoms with E-state index in [9.17, 15) is 5.11 Å². The van der Waals surface area contributed by atoms with Crippen molar-refractivity contribution in [1.82, 2.24) is 0 Å². The molecule has 2 fully saturated rings. The van der Waals surface area contributed by atoms with E-state index in [1.807, 2.05) is 6.92 Å². The molecule has 0 aromatic rings. The summed E-state index contributed by atoms with van der Waals surface area (Å²) < 4.78 is 5.39. The lowest BCUT2D eigenvalue weighted by molar-refractivity contribution is 0.0858. The van der Waals surface area contributed by atoms with E-state index < -0.39 is 0 Å². The highest BCUT2D eigenvalue weighted by molar-refractivity contribution is 4.93. The van der Waals surface area contributed by atoms with E-state index in [1.165, 1.54) is 6.42 Å². The number of ether oxygens (including phenoxy) is 1. The fourth-order valence-corrected chi connectivity index (χ4v) is 2.12. The quantitative estimate of drug-likeness (QED) is 0.612. The van der Waals surface area contributed by atoms with Gasteiger partial charge in [-0.1, -0.05) is 6.92 Å². The normalized spacial score (nSPS) is 44.7. The van der Waals surface area contributed by atoms with Gasteiger partial charge in [0.1, 0.15) is 0 Å². The second-order valence-corrected chi connectivity index (χ2v) is 3.76. The molecule has 0 bridgehead atoms. The summed E-state index contributed by atoms with van der Waals surface area (Å²) in [7, 11) is 0. The zero-order valence-electron chi connectivity index (χ0n) is 6.99. The maximum Gasteiger partial charge on any atom is 0.0845 e. The lowest BCUT2D eigenvalue weighted by Crippen LogP contribution is -2.25. The predicted octanol–water partition coefficient (Wildman–Crippen LogP) is 1.32. The molecule has 64 valence electrons. The third-order valence-electron chi connectivity index (χ3n) is 3.01. The zero-order valence-corrected chi connectivity index (χ0v) is 6.99. The number of hydrogen-bond donors (Lipinski definition) is 1. The first kappa shape index (κ1) is 7.56. The van der Waals surface area contributed by atoms with E-state index in [4.69, 9.17) is 4.74 Å². The zero-order chi connectivity index (χ0) is 7.84. The molecule has 0 spiro atoms. The Kier molecular flexibility index (Phi) is 1.90. The summed E-state index contributed by atoms with van der Waals surface area (Å²) in [4.78, 5) is 0. The van der Waals surface area contributed by atoms with Crippen molar-refractivity contribution in [2.45, 2.75) is 50.9 Å². The number of aliphatic hydroxyl groups excluding tert-OH is 1. The van der Waals surface area contributed by atoms with E-state index in [-0.39, 0.29) is 6.10 Å². The van der Waals surface area contributed by atoms with Crippen LogP contribution in [0.5, 0.6) is 0 Å². The average Bonchev–Trinajstić information content (AvgIpc) is 2.80. The third-order valence-corrected chi connectivity index (χ3v) is 3.01. The second-order valence-electron chi connectivity index (χ2n) is 3.76. The summed E-state index contributed by atoms with van der Waals surface area (Å²) in [6, 6.07) is 0. The molecule has 0 aromatic carbocycles. The smallest absolute Gasteiger partial charge is 0.0845 e. The van der Waals surface area contributed by atoms with Crippen LogP contribution >= 0.6 is 0 Å². The van der Waals surface area contributed by atoms with Gasteiger partial charge in [-0.25, -0.2) is 0 Å². The summed E-state index contributed by atoms with van der Waals surface area (Å²) >= 11 is 0. The highest BCUT2D eigenvalue weighted by Gasteiger charge is 2.44. The number of hydrogen-bond acceptors (Lipinski definition) is 2. The summed E-state index contributed by atoms with van der Waals surface area (Å²) in [5.41, 5.74) is 0. The van der Waals surface area contributed by atoms with Gasteiger partial charge in [-0.05, 0) is 31.6 Å². The van der Waals surface area contributed by atoms with Crippen LogP contribution in [0.1, 0.15) is 32.6 Å². The fourth-order valence-electron chi connectivity index (χ4n) is 2.12. The SMILES string of the molecule is CCC(O)C1CCC2OC2C1. The van der Waals surface area contributed by atoms with Crippen LogP contribution in [-0.2, 0) is 4.74 Å². The molecule has 0 aromatic heterocycles. The number of aliphatic hydroxyl groups is 1. The van der Waals surface area contributed by atoms with Gasteiger partial charge in [0.2, 0.25) is 0 Å². The van der Waals surface area contributed by atoms with Crippen LogP contribution in [0.15, 0.2) is 0 Å². The van der Waals surface area contributed by atoms with Gasteiger partial charge in [0, 0.05) is 0 Å². The average molecular weight is 156 g/mol. The Hall–Kier alpha value is -0.0800. The number of rotatable bonds is 2. The van der Waals surface area contributed by atoms with Gasteiger partial charge < -0.3 is 9.84 Å². The van der Waals surface area contributed by atoms with E-state index in [2.05, 4.69) is 0 Å². The first-order chi connectivity index (χ1) is 5.31. The van der Waals surface area contributed by atoms with E-state index in [0.29, 0.717) is 18.1 Å². The molecule has 2 heteroatoms. The topological polar surface area (TPSA) is 32.8 Å². The van der Waals surface area contributed by atoms with E-state index in [1.54, 1.807) is 0 Å². The maximum absolute atomic E-state index is 9.56. The van der Waals surface area contributed by atoms with Crippen LogP contribution in [0.4, 0.5) is 0 Å². The molecule has 4 atom stereocenters. The molecule has 1 heterocycles. The molecular formula is C9H16O2. The molecule has 2 rings (SSSR count). The second kappa shape index (κ2) is 2.76. The van der Waals surface area contributed by atoms with Crippen molar-refractivity contribution < 1.29 is 9.84 Å². The Morgan fingerprint density at radius 1 is 1.45 bits per heavy atom. The maximum atomic E-state index is 9.56. The first-order valence-corrected chi connectivity index (χ1v) is 4.64. The molecule has 2 nitrogen and oxygen atoms in total. The van der Waals surface area contributed by atoms with Crippen LogP contribution in [0, 0.1) is 5.92 Å². The van der Waals surface area contributed by atoms with Crippen molar-refractivity contribution in [2.24, 2.45) is 5.92 Å². The van der Waals surface area contributed by atoms with Crippen molar-refractivity contribution in [3.05, 3.63) is 0 Å². The minimum absolute atomic E-state index is 0.0832. The van der Waals surface area contributed by atoms with Gasteiger partial charge in [0.15, 0.2) is 0 Å². The molecule has 11 heavy (non-hydrogen) atoms. The molecule has 4 unspecified atom stereocenters. The minimum atomic E-state index is -0.0832. The van der Waals surface area contributed by atoms with Crippen molar-refractivity contribution in [2.75, 3.05) is 0 Å². The highest BCUT2D eigenvalue weighted by atomic mass is 16.6. The molecule has 1 saturated heterocycles. The largest absolute Gasteiger partial charge is 0.393 e. The van der Waals surface area contributed by atoms with Gasteiger partial charge in [-0.3, -0.25) is 0 Å². The third kappa shape index (κ3) is 1.42. The Morgan fingerprint density at radius 2 is 2.27 bits per heavy atom. The molecule has 0 radical (unpaired) electrons. The van der Waals surface area contributed by atoms with Gasteiger partial charge in [-0.2, -0.15) is 0 Å². The Balaban J connectivity index is 1.84. The van der Waals surface area contributed by atoms with Crippen molar-refractivity contribution in [3.63, 3.8) is 0 Å².